The number of unbranched alkanes of at least 4 members (excludes halogenated alkanes) is 1. The monoisotopic (exact) mass is 462 g/mol. The molecule has 0 aliphatic carbocycles. The molecule has 0 saturated carbocycles. The van der Waals surface area contributed by atoms with Gasteiger partial charge in [-0.2, -0.15) is 0 Å². The minimum absolute atomic E-state index is 0. The Morgan fingerprint density at radius 2 is 1.90 bits per heavy atom. The number of aliphatic hydroxyl groups is 1. The predicted octanol–water partition coefficient (Wildman–Crippen LogP) is 3.57. The number of aromatic hydroxyl groups is 1. The van der Waals surface area contributed by atoms with E-state index in [-0.39, 0.29) is 40.4 Å². The highest BCUT2D eigenvalue weighted by Crippen LogP contribution is 2.42. The number of phenols is 1. The molecule has 0 unspecified atom stereocenters. The number of hydrogen-bond donors (Lipinski definition) is 4. The van der Waals surface area contributed by atoms with Crippen molar-refractivity contribution in [3.05, 3.63) is 57.6 Å². The summed E-state index contributed by atoms with van der Waals surface area (Å²) in [7, 11) is 0. The number of rotatable bonds is 10. The van der Waals surface area contributed by atoms with Crippen molar-refractivity contribution in [2.45, 2.75) is 25.3 Å². The quantitative estimate of drug-likeness (QED) is 0.403. The smallest absolute Gasteiger partial charge is 0.255 e. The van der Waals surface area contributed by atoms with Crippen LogP contribution in [0.15, 0.2) is 36.4 Å². The van der Waals surface area contributed by atoms with E-state index < -0.39 is 17.7 Å². The molecule has 9 heteroatoms. The van der Waals surface area contributed by atoms with Crippen molar-refractivity contribution in [1.29, 1.82) is 0 Å². The van der Waals surface area contributed by atoms with Gasteiger partial charge in [-0.05, 0) is 37.4 Å². The van der Waals surface area contributed by atoms with Gasteiger partial charge in [0.2, 0.25) is 0 Å². The van der Waals surface area contributed by atoms with Crippen molar-refractivity contribution in [1.82, 2.24) is 5.32 Å². The van der Waals surface area contributed by atoms with Crippen molar-refractivity contribution in [3.8, 4) is 11.5 Å². The summed E-state index contributed by atoms with van der Waals surface area (Å²) in [5.74, 6) is -0.892. The predicted molar refractivity (Wildman–Crippen MR) is 118 cm³/mol. The fourth-order valence-electron chi connectivity index (χ4n) is 2.64. The van der Waals surface area contributed by atoms with E-state index in [1.54, 1.807) is 0 Å². The maximum atomic E-state index is 12.6. The Kier molecular flexibility index (Phi) is 11.2. The van der Waals surface area contributed by atoms with Crippen LogP contribution < -0.4 is 15.8 Å². The lowest BCUT2D eigenvalue weighted by molar-refractivity contribution is 0.0913. The molecule has 0 saturated heterocycles. The number of nitrogens with one attached hydrogen (secondary N) is 1. The van der Waals surface area contributed by atoms with E-state index in [2.05, 4.69) is 5.32 Å². The van der Waals surface area contributed by atoms with E-state index in [0.29, 0.717) is 26.0 Å². The van der Waals surface area contributed by atoms with E-state index in [4.69, 9.17) is 33.7 Å². The Hall–Kier alpha value is -1.70. The van der Waals surface area contributed by atoms with Gasteiger partial charge in [0.25, 0.3) is 5.91 Å². The van der Waals surface area contributed by atoms with Gasteiger partial charge < -0.3 is 26.0 Å². The summed E-state index contributed by atoms with van der Waals surface area (Å²) < 4.78 is 5.52. The molecule has 6 nitrogen and oxygen atoms in total. The van der Waals surface area contributed by atoms with Gasteiger partial charge in [0.15, 0.2) is 11.5 Å². The first-order valence-corrected chi connectivity index (χ1v) is 9.73. The van der Waals surface area contributed by atoms with Crippen molar-refractivity contribution >= 4 is 41.5 Å². The molecular weight excluding hydrogens is 439 g/mol. The molecule has 0 radical (unpaired) electrons. The molecule has 0 heterocycles. The summed E-state index contributed by atoms with van der Waals surface area (Å²) in [5.41, 5.74) is 6.31. The van der Waals surface area contributed by atoms with Crippen molar-refractivity contribution in [2.75, 3.05) is 19.8 Å². The first-order valence-electron chi connectivity index (χ1n) is 8.97. The molecule has 160 valence electrons. The van der Waals surface area contributed by atoms with E-state index in [0.717, 1.165) is 12.0 Å². The zero-order valence-corrected chi connectivity index (χ0v) is 18.1. The van der Waals surface area contributed by atoms with Crippen LogP contribution in [0.1, 0.15) is 28.8 Å². The number of carbonyl (C=O) groups excluding carboxylic acids is 1. The fraction of sp³-hybridized carbons (Fsp3) is 0.350. The van der Waals surface area contributed by atoms with Crippen LogP contribution >= 0.6 is 35.6 Å². The third kappa shape index (κ3) is 7.24. The molecule has 1 atom stereocenters. The normalized spacial score (nSPS) is 11.4. The van der Waals surface area contributed by atoms with Crippen LogP contribution in [-0.4, -0.2) is 41.9 Å². The van der Waals surface area contributed by atoms with E-state index in [1.165, 1.54) is 6.07 Å². The minimum Gasteiger partial charge on any atom is -0.505 e. The highest BCUT2D eigenvalue weighted by molar-refractivity contribution is 6.39. The molecule has 2 aromatic rings. The highest BCUT2D eigenvalue weighted by atomic mass is 35.5. The fourth-order valence-corrected chi connectivity index (χ4v) is 3.20. The lowest BCUT2D eigenvalue weighted by Gasteiger charge is -2.18. The van der Waals surface area contributed by atoms with E-state index in [1.807, 2.05) is 30.3 Å². The Balaban J connectivity index is 0.00000420. The van der Waals surface area contributed by atoms with Crippen LogP contribution in [0, 0.1) is 0 Å². The molecule has 5 N–H and O–H groups in total. The van der Waals surface area contributed by atoms with Gasteiger partial charge in [-0.1, -0.05) is 53.5 Å². The second kappa shape index (κ2) is 12.8. The molecule has 1 amide bonds. The Morgan fingerprint density at radius 3 is 2.52 bits per heavy atom. The standard InChI is InChI=1S/C20H24Cl2N2O4.ClH/c21-16-11-15(18(26)17(22)19(16)28-9-5-4-8-23)20(27)24-14(12-25)10-13-6-2-1-3-7-13;/h1-3,6-7,11,14,25-26H,4-5,8-10,12,23H2,(H,24,27);1H/t14-;/m0./s1. The lowest BCUT2D eigenvalue weighted by atomic mass is 10.1. The average Bonchev–Trinajstić information content (AvgIpc) is 2.70. The Bertz CT molecular complexity index is 791. The number of aliphatic hydroxyl groups excluding tert-OH is 1. The van der Waals surface area contributed by atoms with Crippen LogP contribution in [-0.2, 0) is 6.42 Å². The van der Waals surface area contributed by atoms with Gasteiger partial charge >= 0.3 is 0 Å². The zero-order valence-electron chi connectivity index (χ0n) is 15.7. The molecule has 2 rings (SSSR count). The van der Waals surface area contributed by atoms with Crippen LogP contribution in [0.4, 0.5) is 0 Å². The number of ether oxygens (including phenoxy) is 1. The van der Waals surface area contributed by atoms with Gasteiger partial charge in [0.1, 0.15) is 5.02 Å². The zero-order chi connectivity index (χ0) is 20.5. The second-order valence-electron chi connectivity index (χ2n) is 6.28. The van der Waals surface area contributed by atoms with Crippen LogP contribution in [0.2, 0.25) is 10.0 Å². The summed E-state index contributed by atoms with van der Waals surface area (Å²) in [6.45, 7) is 0.626. The third-order valence-corrected chi connectivity index (χ3v) is 4.75. The summed E-state index contributed by atoms with van der Waals surface area (Å²) in [5, 5.41) is 22.6. The highest BCUT2D eigenvalue weighted by Gasteiger charge is 2.23. The Morgan fingerprint density at radius 1 is 1.21 bits per heavy atom. The van der Waals surface area contributed by atoms with E-state index in [9.17, 15) is 15.0 Å². The van der Waals surface area contributed by atoms with E-state index >= 15 is 0 Å². The first kappa shape index (κ1) is 25.3. The molecular formula is C20H25Cl3N2O4. The third-order valence-electron chi connectivity index (χ3n) is 4.12. The van der Waals surface area contributed by atoms with Gasteiger partial charge in [-0.3, -0.25) is 4.79 Å². The van der Waals surface area contributed by atoms with Gasteiger partial charge in [-0.15, -0.1) is 12.4 Å². The van der Waals surface area contributed by atoms with Crippen molar-refractivity contribution < 1.29 is 19.7 Å². The topological polar surface area (TPSA) is 105 Å². The number of nitrogens with two attached hydrogens (primary N) is 1. The number of phenolic OH excluding ortho intramolecular Hbond substituents is 1. The second-order valence-corrected chi connectivity index (χ2v) is 7.07. The SMILES string of the molecule is Cl.NCCCCOc1c(Cl)cc(C(=O)N[C@H](CO)Cc2ccccc2)c(O)c1Cl. The maximum Gasteiger partial charge on any atom is 0.255 e. The Labute approximate surface area is 186 Å². The summed E-state index contributed by atoms with van der Waals surface area (Å²) in [6.07, 6.45) is 1.93. The number of hydrogen-bond acceptors (Lipinski definition) is 5. The van der Waals surface area contributed by atoms with Gasteiger partial charge in [0.05, 0.1) is 29.8 Å². The molecule has 0 aliphatic heterocycles. The summed E-state index contributed by atoms with van der Waals surface area (Å²) in [6, 6.07) is 10.2. The molecule has 0 fully saturated rings. The summed E-state index contributed by atoms with van der Waals surface area (Å²) >= 11 is 12.3. The average molecular weight is 464 g/mol. The largest absolute Gasteiger partial charge is 0.505 e. The van der Waals surface area contributed by atoms with Crippen molar-refractivity contribution in [3.63, 3.8) is 0 Å². The first-order chi connectivity index (χ1) is 13.5. The molecule has 0 aliphatic rings. The van der Waals surface area contributed by atoms with Crippen LogP contribution in [0.3, 0.4) is 0 Å². The van der Waals surface area contributed by atoms with Crippen LogP contribution in [0.5, 0.6) is 11.5 Å². The number of carbonyl (C=O) groups is 1. The van der Waals surface area contributed by atoms with Gasteiger partial charge in [-0.25, -0.2) is 0 Å². The molecule has 0 spiro atoms. The van der Waals surface area contributed by atoms with Gasteiger partial charge in [0, 0.05) is 0 Å². The van der Waals surface area contributed by atoms with Crippen LogP contribution in [0.25, 0.3) is 0 Å². The lowest BCUT2D eigenvalue weighted by Crippen LogP contribution is -2.39. The molecule has 0 aromatic heterocycles. The van der Waals surface area contributed by atoms with Crippen molar-refractivity contribution in [2.24, 2.45) is 5.73 Å². The number of amides is 1. The number of halogens is 3. The molecule has 29 heavy (non-hydrogen) atoms. The summed E-state index contributed by atoms with van der Waals surface area (Å²) in [4.78, 5) is 12.6. The minimum atomic E-state index is -0.592. The number of benzene rings is 2. The molecule has 0 bridgehead atoms. The molecule has 2 aromatic carbocycles. The maximum absolute atomic E-state index is 12.6.